The van der Waals surface area contributed by atoms with Gasteiger partial charge in [-0.15, -0.1) is 0 Å². The van der Waals surface area contributed by atoms with Crippen LogP contribution in [0.2, 0.25) is 0 Å². The Morgan fingerprint density at radius 2 is 1.95 bits per heavy atom. The van der Waals surface area contributed by atoms with E-state index in [1.165, 1.54) is 0 Å². The second-order valence-corrected chi connectivity index (χ2v) is 5.38. The van der Waals surface area contributed by atoms with Crippen LogP contribution in [0.15, 0.2) is 30.3 Å². The summed E-state index contributed by atoms with van der Waals surface area (Å²) >= 11 is 0. The highest BCUT2D eigenvalue weighted by Gasteiger charge is 2.13. The van der Waals surface area contributed by atoms with Crippen LogP contribution in [0.1, 0.15) is 25.8 Å². The van der Waals surface area contributed by atoms with E-state index in [4.69, 9.17) is 10.5 Å². The van der Waals surface area contributed by atoms with Gasteiger partial charge in [0.15, 0.2) is 0 Å². The van der Waals surface area contributed by atoms with Crippen LogP contribution in [-0.4, -0.2) is 31.7 Å². The van der Waals surface area contributed by atoms with Gasteiger partial charge in [-0.2, -0.15) is 0 Å². The summed E-state index contributed by atoms with van der Waals surface area (Å²) in [5.74, 6) is 0.519. The molecule has 0 spiro atoms. The minimum atomic E-state index is -0.506. The van der Waals surface area contributed by atoms with Crippen LogP contribution in [0.3, 0.4) is 0 Å². The minimum Gasteiger partial charge on any atom is -0.380 e. The van der Waals surface area contributed by atoms with Crippen LogP contribution in [0.5, 0.6) is 0 Å². The number of ether oxygens (including phenoxy) is 1. The van der Waals surface area contributed by atoms with Crippen molar-refractivity contribution in [2.24, 2.45) is 11.7 Å². The van der Waals surface area contributed by atoms with Crippen molar-refractivity contribution in [3.05, 3.63) is 35.9 Å². The van der Waals surface area contributed by atoms with Gasteiger partial charge in [-0.25, -0.2) is 0 Å². The molecule has 0 aliphatic carbocycles. The van der Waals surface area contributed by atoms with Gasteiger partial charge >= 0.3 is 0 Å². The monoisotopic (exact) mass is 278 g/mol. The summed E-state index contributed by atoms with van der Waals surface area (Å²) in [7, 11) is 0. The first-order valence-electron chi connectivity index (χ1n) is 7.24. The molecule has 0 unspecified atom stereocenters. The Hall–Kier alpha value is -1.39. The molecule has 0 aromatic heterocycles. The fraction of sp³-hybridized carbons (Fsp3) is 0.562. The number of amides is 1. The molecule has 0 fully saturated rings. The Morgan fingerprint density at radius 3 is 2.60 bits per heavy atom. The summed E-state index contributed by atoms with van der Waals surface area (Å²) in [6.07, 6.45) is 1.60. The molecule has 0 bridgehead atoms. The number of hydrogen-bond acceptors (Lipinski definition) is 3. The lowest BCUT2D eigenvalue weighted by atomic mass is 10.1. The van der Waals surface area contributed by atoms with Crippen LogP contribution in [0.25, 0.3) is 0 Å². The highest BCUT2D eigenvalue weighted by molar-refractivity contribution is 5.81. The van der Waals surface area contributed by atoms with Crippen molar-refractivity contribution in [1.82, 2.24) is 5.32 Å². The van der Waals surface area contributed by atoms with Crippen molar-refractivity contribution in [2.75, 3.05) is 19.8 Å². The zero-order chi connectivity index (χ0) is 14.8. The molecule has 3 N–H and O–H groups in total. The molecule has 0 aliphatic rings. The van der Waals surface area contributed by atoms with E-state index in [9.17, 15) is 4.79 Å². The highest BCUT2D eigenvalue weighted by Crippen LogP contribution is 2.02. The summed E-state index contributed by atoms with van der Waals surface area (Å²) in [5.41, 5.74) is 6.95. The van der Waals surface area contributed by atoms with Crippen LogP contribution in [0, 0.1) is 5.92 Å². The molecule has 1 rings (SSSR count). The van der Waals surface area contributed by atoms with Crippen molar-refractivity contribution in [2.45, 2.75) is 32.7 Å². The van der Waals surface area contributed by atoms with Crippen LogP contribution >= 0.6 is 0 Å². The topological polar surface area (TPSA) is 64.3 Å². The Bertz CT molecular complexity index is 379. The smallest absolute Gasteiger partial charge is 0.237 e. The molecule has 0 heterocycles. The minimum absolute atomic E-state index is 0.124. The number of rotatable bonds is 9. The van der Waals surface area contributed by atoms with Gasteiger partial charge < -0.3 is 15.8 Å². The molecule has 20 heavy (non-hydrogen) atoms. The summed E-state index contributed by atoms with van der Waals surface area (Å²) in [5, 5.41) is 2.80. The molecule has 1 aromatic rings. The molecule has 0 aliphatic heterocycles. The first-order valence-corrected chi connectivity index (χ1v) is 7.24. The molecule has 1 atom stereocenters. The summed E-state index contributed by atoms with van der Waals surface area (Å²) < 4.78 is 5.44. The summed E-state index contributed by atoms with van der Waals surface area (Å²) in [6, 6.07) is 9.28. The van der Waals surface area contributed by atoms with Crippen molar-refractivity contribution in [3.8, 4) is 0 Å². The first-order chi connectivity index (χ1) is 9.59. The van der Waals surface area contributed by atoms with E-state index in [1.54, 1.807) is 0 Å². The van der Waals surface area contributed by atoms with Gasteiger partial charge in [-0.3, -0.25) is 4.79 Å². The number of carbonyl (C=O) groups is 1. The van der Waals surface area contributed by atoms with Gasteiger partial charge in [0.1, 0.15) is 0 Å². The Balaban J connectivity index is 2.13. The van der Waals surface area contributed by atoms with Crippen molar-refractivity contribution < 1.29 is 9.53 Å². The molecule has 1 aromatic carbocycles. The Morgan fingerprint density at radius 1 is 1.25 bits per heavy atom. The third-order valence-electron chi connectivity index (χ3n) is 3.02. The van der Waals surface area contributed by atoms with Gasteiger partial charge in [0.25, 0.3) is 0 Å². The lowest BCUT2D eigenvalue weighted by Gasteiger charge is -2.12. The maximum absolute atomic E-state index is 11.8. The van der Waals surface area contributed by atoms with E-state index in [2.05, 4.69) is 19.2 Å². The third-order valence-corrected chi connectivity index (χ3v) is 3.02. The maximum Gasteiger partial charge on any atom is 0.237 e. The number of benzene rings is 1. The molecule has 112 valence electrons. The van der Waals surface area contributed by atoms with Gasteiger partial charge in [0.2, 0.25) is 5.91 Å². The fourth-order valence-corrected chi connectivity index (χ4v) is 1.76. The Kier molecular flexibility index (Phi) is 7.92. The second kappa shape index (κ2) is 9.50. The van der Waals surface area contributed by atoms with Crippen molar-refractivity contribution in [1.29, 1.82) is 0 Å². The van der Waals surface area contributed by atoms with E-state index >= 15 is 0 Å². The van der Waals surface area contributed by atoms with E-state index in [0.717, 1.165) is 18.6 Å². The van der Waals surface area contributed by atoms with E-state index in [0.29, 0.717) is 25.5 Å². The predicted octanol–water partition coefficient (Wildman–Crippen LogP) is 1.74. The van der Waals surface area contributed by atoms with Crippen molar-refractivity contribution >= 4 is 5.91 Å². The van der Waals surface area contributed by atoms with Gasteiger partial charge in [-0.1, -0.05) is 44.2 Å². The zero-order valence-corrected chi connectivity index (χ0v) is 12.5. The molecular weight excluding hydrogens is 252 g/mol. The predicted molar refractivity (Wildman–Crippen MR) is 81.4 cm³/mol. The third kappa shape index (κ3) is 7.26. The van der Waals surface area contributed by atoms with Gasteiger partial charge in [0, 0.05) is 13.2 Å². The van der Waals surface area contributed by atoms with Crippen LogP contribution in [0.4, 0.5) is 0 Å². The van der Waals surface area contributed by atoms with Gasteiger partial charge in [0.05, 0.1) is 12.6 Å². The van der Waals surface area contributed by atoms with E-state index in [-0.39, 0.29) is 5.91 Å². The number of carbonyl (C=O) groups excluding carboxylic acids is 1. The maximum atomic E-state index is 11.8. The molecule has 0 saturated carbocycles. The normalized spacial score (nSPS) is 12.4. The molecule has 4 heteroatoms. The Labute approximate surface area is 121 Å². The number of nitrogens with two attached hydrogens (primary N) is 1. The number of hydrogen-bond donors (Lipinski definition) is 2. The van der Waals surface area contributed by atoms with E-state index < -0.39 is 6.04 Å². The number of nitrogens with one attached hydrogen (secondary N) is 1. The molecule has 4 nitrogen and oxygen atoms in total. The summed E-state index contributed by atoms with van der Waals surface area (Å²) in [4.78, 5) is 11.8. The largest absolute Gasteiger partial charge is 0.380 e. The molecule has 1 amide bonds. The van der Waals surface area contributed by atoms with Crippen molar-refractivity contribution in [3.63, 3.8) is 0 Å². The average molecular weight is 278 g/mol. The zero-order valence-electron chi connectivity index (χ0n) is 12.5. The van der Waals surface area contributed by atoms with Crippen LogP contribution in [-0.2, 0) is 16.0 Å². The van der Waals surface area contributed by atoms with Crippen LogP contribution < -0.4 is 11.1 Å². The molecular formula is C16H26N2O2. The summed E-state index contributed by atoms with van der Waals surface area (Å²) in [6.45, 7) is 6.11. The van der Waals surface area contributed by atoms with E-state index in [1.807, 2.05) is 30.3 Å². The SMILES string of the molecule is CC(C)CCOCCNC(=O)[C@@H](N)Cc1ccccc1. The first kappa shape index (κ1) is 16.7. The standard InChI is InChI=1S/C16H26N2O2/c1-13(2)8-10-20-11-9-18-16(19)15(17)12-14-6-4-3-5-7-14/h3-7,13,15H,8-12,17H2,1-2H3,(H,18,19)/t15-/m0/s1. The van der Waals surface area contributed by atoms with Gasteiger partial charge in [-0.05, 0) is 24.3 Å². The lowest BCUT2D eigenvalue weighted by molar-refractivity contribution is -0.122. The lowest BCUT2D eigenvalue weighted by Crippen LogP contribution is -2.43. The highest BCUT2D eigenvalue weighted by atomic mass is 16.5. The molecule has 0 saturated heterocycles. The second-order valence-electron chi connectivity index (χ2n) is 5.38. The fourth-order valence-electron chi connectivity index (χ4n) is 1.76. The average Bonchev–Trinajstić information content (AvgIpc) is 2.43. The molecule has 0 radical (unpaired) electrons. The quantitative estimate of drug-likeness (QED) is 0.676.